The van der Waals surface area contributed by atoms with Crippen molar-refractivity contribution >= 4 is 35.6 Å². The fraction of sp³-hybridized carbons (Fsp3) is 0.684. The van der Waals surface area contributed by atoms with Gasteiger partial charge in [-0.1, -0.05) is 0 Å². The molecule has 6 atom stereocenters. The smallest absolute Gasteiger partial charge is 0.326 e. The summed E-state index contributed by atoms with van der Waals surface area (Å²) in [4.78, 5) is 63.6. The van der Waals surface area contributed by atoms with E-state index >= 15 is 0 Å². The highest BCUT2D eigenvalue weighted by molar-refractivity contribution is 5.94. The van der Waals surface area contributed by atoms with E-state index in [2.05, 4.69) is 20.9 Å². The number of nitrogens with two attached hydrogens (primary N) is 3. The molecule has 0 saturated heterocycles. The Balaban J connectivity index is 5.43. The van der Waals surface area contributed by atoms with Crippen molar-refractivity contribution in [3.63, 3.8) is 0 Å². The van der Waals surface area contributed by atoms with E-state index in [1.807, 2.05) is 0 Å². The maximum Gasteiger partial charge on any atom is 0.326 e. The van der Waals surface area contributed by atoms with Gasteiger partial charge in [-0.25, -0.2) is 4.79 Å². The van der Waals surface area contributed by atoms with Gasteiger partial charge in [0.1, 0.15) is 24.2 Å². The Morgan fingerprint density at radius 2 is 1.40 bits per heavy atom. The molecular formula is C19H35N7O9. The summed E-state index contributed by atoms with van der Waals surface area (Å²) < 4.78 is 0. The number of aliphatic imine (C=N–C) groups is 1. The van der Waals surface area contributed by atoms with Gasteiger partial charge in [0.15, 0.2) is 5.96 Å². The fourth-order valence-corrected chi connectivity index (χ4v) is 2.71. The minimum absolute atomic E-state index is 0.0626. The van der Waals surface area contributed by atoms with Crippen molar-refractivity contribution in [1.82, 2.24) is 16.0 Å². The van der Waals surface area contributed by atoms with Crippen molar-refractivity contribution in [2.75, 3.05) is 6.54 Å². The van der Waals surface area contributed by atoms with Crippen LogP contribution in [-0.4, -0.2) is 99.0 Å². The largest absolute Gasteiger partial charge is 0.481 e. The van der Waals surface area contributed by atoms with Crippen molar-refractivity contribution in [2.24, 2.45) is 22.2 Å². The molecule has 0 heterocycles. The molecule has 16 nitrogen and oxygen atoms in total. The average molecular weight is 506 g/mol. The Bertz CT molecular complexity index is 785. The van der Waals surface area contributed by atoms with Crippen LogP contribution in [0.5, 0.6) is 0 Å². The van der Waals surface area contributed by atoms with E-state index in [-0.39, 0.29) is 25.3 Å². The third-order valence-electron chi connectivity index (χ3n) is 4.72. The van der Waals surface area contributed by atoms with Crippen molar-refractivity contribution < 1.29 is 44.4 Å². The lowest BCUT2D eigenvalue weighted by Crippen LogP contribution is -2.60. The molecule has 0 saturated carbocycles. The van der Waals surface area contributed by atoms with Gasteiger partial charge >= 0.3 is 11.9 Å². The summed E-state index contributed by atoms with van der Waals surface area (Å²) in [6, 6.07) is -5.92. The first-order valence-corrected chi connectivity index (χ1v) is 10.7. The van der Waals surface area contributed by atoms with Crippen LogP contribution in [0.15, 0.2) is 4.99 Å². The highest BCUT2D eigenvalue weighted by Gasteiger charge is 2.33. The molecule has 0 aliphatic heterocycles. The van der Waals surface area contributed by atoms with Crippen molar-refractivity contribution in [2.45, 2.75) is 75.9 Å². The minimum atomic E-state index is -1.64. The lowest BCUT2D eigenvalue weighted by Gasteiger charge is -2.26. The first-order chi connectivity index (χ1) is 16.2. The summed E-state index contributed by atoms with van der Waals surface area (Å²) in [6.07, 6.45) is -3.55. The molecule has 13 N–H and O–H groups in total. The molecule has 16 heteroatoms. The van der Waals surface area contributed by atoms with Crippen LogP contribution in [0.4, 0.5) is 0 Å². The second-order valence-corrected chi connectivity index (χ2v) is 7.84. The molecule has 35 heavy (non-hydrogen) atoms. The van der Waals surface area contributed by atoms with E-state index in [1.165, 1.54) is 6.92 Å². The number of hydrogen-bond donors (Lipinski definition) is 10. The zero-order valence-electron chi connectivity index (χ0n) is 19.5. The van der Waals surface area contributed by atoms with E-state index in [1.54, 1.807) is 0 Å². The maximum absolute atomic E-state index is 12.7. The number of carbonyl (C=O) groups is 5. The molecular weight excluding hydrogens is 470 g/mol. The highest BCUT2D eigenvalue weighted by atomic mass is 16.4. The molecule has 0 bridgehead atoms. The predicted molar refractivity (Wildman–Crippen MR) is 122 cm³/mol. The molecule has 0 aromatic heterocycles. The van der Waals surface area contributed by atoms with Gasteiger partial charge in [-0.15, -0.1) is 0 Å². The summed E-state index contributed by atoms with van der Waals surface area (Å²) in [6.45, 7) is 2.51. The summed E-state index contributed by atoms with van der Waals surface area (Å²) in [5.41, 5.74) is 15.9. The van der Waals surface area contributed by atoms with Crippen LogP contribution in [0.3, 0.4) is 0 Å². The normalized spacial score (nSPS) is 15.9. The van der Waals surface area contributed by atoms with Crippen LogP contribution < -0.4 is 33.2 Å². The summed E-state index contributed by atoms with van der Waals surface area (Å²) >= 11 is 0. The topological polar surface area (TPSA) is 293 Å². The molecule has 0 rings (SSSR count). The number of aliphatic hydroxyl groups is 2. The minimum Gasteiger partial charge on any atom is -0.481 e. The number of carboxylic acid groups (broad SMARTS) is 2. The average Bonchev–Trinajstić information content (AvgIpc) is 2.74. The predicted octanol–water partition coefficient (Wildman–Crippen LogP) is -4.47. The van der Waals surface area contributed by atoms with E-state index < -0.39 is 78.9 Å². The third-order valence-corrected chi connectivity index (χ3v) is 4.72. The Kier molecular flexibility index (Phi) is 13.9. The van der Waals surface area contributed by atoms with Crippen molar-refractivity contribution in [3.8, 4) is 0 Å². The zero-order valence-corrected chi connectivity index (χ0v) is 19.5. The Labute approximate surface area is 201 Å². The lowest BCUT2D eigenvalue weighted by atomic mass is 10.1. The highest BCUT2D eigenvalue weighted by Crippen LogP contribution is 2.05. The number of aliphatic carboxylic acids is 2. The van der Waals surface area contributed by atoms with E-state index in [0.717, 1.165) is 6.92 Å². The van der Waals surface area contributed by atoms with Gasteiger partial charge in [-0.3, -0.25) is 24.2 Å². The second-order valence-electron chi connectivity index (χ2n) is 7.84. The monoisotopic (exact) mass is 505 g/mol. The van der Waals surface area contributed by atoms with Crippen LogP contribution in [0.2, 0.25) is 0 Å². The van der Waals surface area contributed by atoms with Crippen LogP contribution in [-0.2, 0) is 24.0 Å². The lowest BCUT2D eigenvalue weighted by molar-refractivity contribution is -0.143. The van der Waals surface area contributed by atoms with E-state index in [4.69, 9.17) is 22.3 Å². The first-order valence-electron chi connectivity index (χ1n) is 10.7. The number of rotatable bonds is 16. The van der Waals surface area contributed by atoms with Crippen LogP contribution in [0.1, 0.15) is 39.5 Å². The summed E-state index contributed by atoms with van der Waals surface area (Å²) in [5.74, 6) is -5.85. The standard InChI is InChI=1S/C19H35N7O9/c1-8(27)13(20)16(32)24-10(5-6-12(29)30)15(31)26-14(9(2)28)17(33)25-11(18(34)35)4-3-7-23-19(21)22/h8-11,13-14,27-28H,3-7,20H2,1-2H3,(H,24,32)(H,25,33)(H,26,31)(H,29,30)(H,34,35)(H4,21,22,23). The van der Waals surface area contributed by atoms with Gasteiger partial charge in [0, 0.05) is 13.0 Å². The van der Waals surface area contributed by atoms with Gasteiger partial charge in [0.25, 0.3) is 0 Å². The number of hydrogen-bond acceptors (Lipinski definition) is 9. The number of carbonyl (C=O) groups excluding carboxylic acids is 3. The van der Waals surface area contributed by atoms with Crippen molar-refractivity contribution in [3.05, 3.63) is 0 Å². The summed E-state index contributed by atoms with van der Waals surface area (Å²) in [5, 5.41) is 44.3. The zero-order chi connectivity index (χ0) is 27.3. The Hall–Kier alpha value is -3.50. The SMILES string of the molecule is CC(O)C(N)C(=O)NC(CCC(=O)O)C(=O)NC(C(=O)NC(CCCN=C(N)N)C(=O)O)C(C)O. The number of aliphatic hydroxyl groups excluding tert-OH is 2. The molecule has 0 fully saturated rings. The van der Waals surface area contributed by atoms with Gasteiger partial charge < -0.3 is 53.6 Å². The second kappa shape index (κ2) is 15.4. The Morgan fingerprint density at radius 3 is 1.86 bits per heavy atom. The third kappa shape index (κ3) is 12.5. The number of nitrogens with zero attached hydrogens (tertiary/aromatic N) is 1. The molecule has 0 spiro atoms. The first kappa shape index (κ1) is 31.5. The number of nitrogens with one attached hydrogen (secondary N) is 3. The number of amides is 3. The molecule has 3 amide bonds. The molecule has 200 valence electrons. The van der Waals surface area contributed by atoms with Crippen LogP contribution >= 0.6 is 0 Å². The molecule has 0 aromatic carbocycles. The molecule has 6 unspecified atom stereocenters. The summed E-state index contributed by atoms with van der Waals surface area (Å²) in [7, 11) is 0. The van der Waals surface area contributed by atoms with Gasteiger partial charge in [-0.2, -0.15) is 0 Å². The maximum atomic E-state index is 12.7. The quantitative estimate of drug-likeness (QED) is 0.0539. The molecule has 0 aliphatic rings. The number of guanidine groups is 1. The van der Waals surface area contributed by atoms with Crippen molar-refractivity contribution in [1.29, 1.82) is 0 Å². The van der Waals surface area contributed by atoms with E-state index in [0.29, 0.717) is 0 Å². The molecule has 0 radical (unpaired) electrons. The van der Waals surface area contributed by atoms with Crippen LogP contribution in [0, 0.1) is 0 Å². The Morgan fingerprint density at radius 1 is 0.829 bits per heavy atom. The van der Waals surface area contributed by atoms with Gasteiger partial charge in [0.2, 0.25) is 17.7 Å². The van der Waals surface area contributed by atoms with Gasteiger partial charge in [-0.05, 0) is 33.1 Å². The fourth-order valence-electron chi connectivity index (χ4n) is 2.71. The van der Waals surface area contributed by atoms with Gasteiger partial charge in [0.05, 0.1) is 12.2 Å². The molecule has 0 aliphatic carbocycles. The van der Waals surface area contributed by atoms with E-state index in [9.17, 15) is 39.3 Å². The molecule has 0 aromatic rings. The number of carboxylic acids is 2. The van der Waals surface area contributed by atoms with Crippen LogP contribution in [0.25, 0.3) is 0 Å².